The van der Waals surface area contributed by atoms with E-state index in [0.29, 0.717) is 12.4 Å². The minimum atomic E-state index is -0.806. The lowest BCUT2D eigenvalue weighted by atomic mass is 10.1. The van der Waals surface area contributed by atoms with Gasteiger partial charge in [-0.1, -0.05) is 0 Å². The number of aromatic nitrogens is 4. The van der Waals surface area contributed by atoms with Crippen LogP contribution in [0.4, 0.5) is 0 Å². The van der Waals surface area contributed by atoms with Crippen LogP contribution in [0.3, 0.4) is 0 Å². The highest BCUT2D eigenvalue weighted by Gasteiger charge is 2.15. The number of aliphatic carboxylic acids is 1. The van der Waals surface area contributed by atoms with Gasteiger partial charge in [0.05, 0.1) is 5.69 Å². The number of aryl methyl sites for hydroxylation is 3. The summed E-state index contributed by atoms with van der Waals surface area (Å²) in [5.41, 5.74) is 4.44. The van der Waals surface area contributed by atoms with Gasteiger partial charge in [0.2, 0.25) is 0 Å². The van der Waals surface area contributed by atoms with Crippen LogP contribution in [0, 0.1) is 27.7 Å². The molecule has 106 valence electrons. The van der Waals surface area contributed by atoms with Crippen LogP contribution >= 0.6 is 0 Å². The summed E-state index contributed by atoms with van der Waals surface area (Å²) >= 11 is 0. The average Bonchev–Trinajstić information content (AvgIpc) is 2.61. The highest BCUT2D eigenvalue weighted by Crippen LogP contribution is 2.18. The van der Waals surface area contributed by atoms with Gasteiger partial charge < -0.3 is 5.11 Å². The largest absolute Gasteiger partial charge is 0.481 e. The summed E-state index contributed by atoms with van der Waals surface area (Å²) in [5, 5.41) is 13.2. The fourth-order valence-electron chi connectivity index (χ4n) is 2.27. The first-order chi connectivity index (χ1) is 9.38. The summed E-state index contributed by atoms with van der Waals surface area (Å²) in [6, 6.07) is 1.90. The molecule has 2 heterocycles. The third-order valence-corrected chi connectivity index (χ3v) is 3.19. The zero-order chi connectivity index (χ0) is 14.9. The molecule has 0 aliphatic heterocycles. The van der Waals surface area contributed by atoms with Crippen LogP contribution in [-0.2, 0) is 11.2 Å². The normalized spacial score (nSPS) is 10.8. The van der Waals surface area contributed by atoms with Gasteiger partial charge in [-0.15, -0.1) is 0 Å². The fraction of sp³-hybridized carbons (Fsp3) is 0.429. The molecule has 1 N–H and O–H groups in total. The molecule has 0 aromatic carbocycles. The van der Waals surface area contributed by atoms with Gasteiger partial charge in [-0.25, -0.2) is 14.6 Å². The number of carboxylic acids is 1. The number of hydrogen-bond donors (Lipinski definition) is 1. The number of nitrogens with zero attached hydrogens (tertiary/aromatic N) is 4. The van der Waals surface area contributed by atoms with Crippen LogP contribution in [0.2, 0.25) is 0 Å². The Hall–Kier alpha value is -2.24. The van der Waals surface area contributed by atoms with Crippen molar-refractivity contribution in [3.05, 3.63) is 34.4 Å². The molecule has 2 aromatic rings. The second-order valence-corrected chi connectivity index (χ2v) is 4.91. The Bertz CT molecular complexity index is 641. The zero-order valence-electron chi connectivity index (χ0n) is 12.1. The van der Waals surface area contributed by atoms with Crippen LogP contribution in [0.1, 0.15) is 34.8 Å². The maximum Gasteiger partial charge on any atom is 0.303 e. The Labute approximate surface area is 117 Å². The van der Waals surface area contributed by atoms with Gasteiger partial charge >= 0.3 is 5.97 Å². The number of rotatable bonds is 4. The molecule has 0 atom stereocenters. The van der Waals surface area contributed by atoms with E-state index >= 15 is 0 Å². The second-order valence-electron chi connectivity index (χ2n) is 4.91. The predicted octanol–water partition coefficient (Wildman–Crippen LogP) is 1.91. The summed E-state index contributed by atoms with van der Waals surface area (Å²) in [6.07, 6.45) is 0.568. The molecule has 6 heteroatoms. The van der Waals surface area contributed by atoms with Crippen molar-refractivity contribution in [2.45, 2.75) is 40.5 Å². The molecule has 0 aliphatic carbocycles. The summed E-state index contributed by atoms with van der Waals surface area (Å²) in [5.74, 6) is -0.274. The van der Waals surface area contributed by atoms with Gasteiger partial charge in [0.15, 0.2) is 0 Å². The summed E-state index contributed by atoms with van der Waals surface area (Å²) in [6.45, 7) is 7.62. The minimum Gasteiger partial charge on any atom is -0.481 e. The van der Waals surface area contributed by atoms with Crippen LogP contribution in [0.5, 0.6) is 0 Å². The van der Waals surface area contributed by atoms with Crippen LogP contribution < -0.4 is 0 Å². The average molecular weight is 274 g/mol. The fourth-order valence-corrected chi connectivity index (χ4v) is 2.27. The Balaban J connectivity index is 2.43. The summed E-state index contributed by atoms with van der Waals surface area (Å²) in [4.78, 5) is 19.5. The topological polar surface area (TPSA) is 80.9 Å². The first-order valence-corrected chi connectivity index (χ1v) is 6.48. The molecule has 0 saturated carbocycles. The first-order valence-electron chi connectivity index (χ1n) is 6.48. The number of hydrogen-bond acceptors (Lipinski definition) is 4. The Morgan fingerprint density at radius 2 is 1.80 bits per heavy atom. The maximum atomic E-state index is 10.7. The van der Waals surface area contributed by atoms with Crippen molar-refractivity contribution < 1.29 is 9.90 Å². The number of carboxylic acid groups (broad SMARTS) is 1. The van der Waals surface area contributed by atoms with Gasteiger partial charge in [0.1, 0.15) is 0 Å². The second kappa shape index (κ2) is 5.40. The minimum absolute atomic E-state index is 0.0983. The molecule has 0 aliphatic rings. The van der Waals surface area contributed by atoms with E-state index in [1.54, 1.807) is 4.68 Å². The molecule has 0 saturated heterocycles. The monoisotopic (exact) mass is 274 g/mol. The lowest BCUT2D eigenvalue weighted by molar-refractivity contribution is -0.136. The standard InChI is InChI=1S/C14H18N4O2/c1-8-7-9(2)16-14(15-8)18-11(4)12(10(3)17-18)5-6-13(19)20/h7H,5-6H2,1-4H3,(H,19,20). The van der Waals surface area contributed by atoms with Crippen LogP contribution in [-0.4, -0.2) is 30.8 Å². The van der Waals surface area contributed by atoms with Gasteiger partial charge in [-0.3, -0.25) is 4.79 Å². The van der Waals surface area contributed by atoms with E-state index in [0.717, 1.165) is 28.3 Å². The van der Waals surface area contributed by atoms with E-state index in [4.69, 9.17) is 5.11 Å². The molecule has 0 amide bonds. The van der Waals surface area contributed by atoms with E-state index in [1.165, 1.54) is 0 Å². The Morgan fingerprint density at radius 1 is 1.20 bits per heavy atom. The van der Waals surface area contributed by atoms with Gasteiger partial charge in [-0.2, -0.15) is 5.10 Å². The molecule has 20 heavy (non-hydrogen) atoms. The van der Waals surface area contributed by atoms with Crippen molar-refractivity contribution in [3.63, 3.8) is 0 Å². The van der Waals surface area contributed by atoms with Crippen molar-refractivity contribution >= 4 is 5.97 Å². The highest BCUT2D eigenvalue weighted by atomic mass is 16.4. The van der Waals surface area contributed by atoms with Crippen molar-refractivity contribution in [2.75, 3.05) is 0 Å². The van der Waals surface area contributed by atoms with E-state index < -0.39 is 5.97 Å². The van der Waals surface area contributed by atoms with E-state index in [-0.39, 0.29) is 6.42 Å². The van der Waals surface area contributed by atoms with Gasteiger partial charge in [0.25, 0.3) is 5.95 Å². The third kappa shape index (κ3) is 2.84. The lowest BCUT2D eigenvalue weighted by Crippen LogP contribution is -2.07. The molecule has 0 fully saturated rings. The van der Waals surface area contributed by atoms with Gasteiger partial charge in [-0.05, 0) is 45.7 Å². The molecule has 0 bridgehead atoms. The molecule has 2 aromatic heterocycles. The predicted molar refractivity (Wildman–Crippen MR) is 74.1 cm³/mol. The van der Waals surface area contributed by atoms with E-state index in [2.05, 4.69) is 15.1 Å². The quantitative estimate of drug-likeness (QED) is 0.921. The maximum absolute atomic E-state index is 10.7. The zero-order valence-corrected chi connectivity index (χ0v) is 12.1. The van der Waals surface area contributed by atoms with Crippen molar-refractivity contribution in [1.29, 1.82) is 0 Å². The molecule has 2 rings (SSSR count). The van der Waals surface area contributed by atoms with Crippen LogP contribution in [0.25, 0.3) is 5.95 Å². The van der Waals surface area contributed by atoms with Crippen molar-refractivity contribution in [2.24, 2.45) is 0 Å². The highest BCUT2D eigenvalue weighted by molar-refractivity contribution is 5.67. The van der Waals surface area contributed by atoms with Gasteiger partial charge in [0, 0.05) is 23.5 Å². The Kier molecular flexibility index (Phi) is 3.83. The third-order valence-electron chi connectivity index (χ3n) is 3.19. The van der Waals surface area contributed by atoms with E-state index in [9.17, 15) is 4.79 Å². The van der Waals surface area contributed by atoms with Crippen molar-refractivity contribution in [3.8, 4) is 5.95 Å². The molecular formula is C14H18N4O2. The molecule has 0 radical (unpaired) electrons. The molecule has 0 spiro atoms. The summed E-state index contributed by atoms with van der Waals surface area (Å²) in [7, 11) is 0. The summed E-state index contributed by atoms with van der Waals surface area (Å²) < 4.78 is 1.69. The van der Waals surface area contributed by atoms with Crippen LogP contribution in [0.15, 0.2) is 6.07 Å². The Morgan fingerprint density at radius 3 is 2.35 bits per heavy atom. The van der Waals surface area contributed by atoms with E-state index in [1.807, 2.05) is 33.8 Å². The SMILES string of the molecule is Cc1cc(C)nc(-n2nc(C)c(CCC(=O)O)c2C)n1. The lowest BCUT2D eigenvalue weighted by Gasteiger charge is -2.05. The molecular weight excluding hydrogens is 256 g/mol. The first kappa shape index (κ1) is 14.2. The number of carbonyl (C=O) groups is 1. The smallest absolute Gasteiger partial charge is 0.303 e. The van der Waals surface area contributed by atoms with Crippen molar-refractivity contribution in [1.82, 2.24) is 19.7 Å². The molecule has 6 nitrogen and oxygen atoms in total. The molecule has 0 unspecified atom stereocenters.